The summed E-state index contributed by atoms with van der Waals surface area (Å²) < 4.78 is 0. The van der Waals surface area contributed by atoms with Gasteiger partial charge in [0.2, 0.25) is 5.91 Å². The lowest BCUT2D eigenvalue weighted by Crippen LogP contribution is -2.48. The van der Waals surface area contributed by atoms with E-state index in [1.807, 2.05) is 12.1 Å². The van der Waals surface area contributed by atoms with Gasteiger partial charge in [0.1, 0.15) is 6.04 Å². The molecule has 1 unspecified atom stereocenters. The number of hydrogen-bond acceptors (Lipinski definition) is 3. The number of aliphatic carboxylic acids is 1. The normalized spacial score (nSPS) is 16.3. The number of rotatable bonds is 2. The molecule has 1 aliphatic heterocycles. The highest BCUT2D eigenvalue weighted by molar-refractivity contribution is 6.06. The van der Waals surface area contributed by atoms with E-state index >= 15 is 0 Å². The topological polar surface area (TPSA) is 69.6 Å². The summed E-state index contributed by atoms with van der Waals surface area (Å²) in [5.41, 5.74) is 1.41. The zero-order chi connectivity index (χ0) is 11.7. The number of carboxylic acid groups (broad SMARTS) is 1. The molecule has 84 valence electrons. The van der Waals surface area contributed by atoms with Crippen LogP contribution in [0.15, 0.2) is 24.3 Å². The molecule has 0 fully saturated rings. The van der Waals surface area contributed by atoms with E-state index in [4.69, 9.17) is 5.11 Å². The average molecular weight is 220 g/mol. The van der Waals surface area contributed by atoms with Gasteiger partial charge in [-0.3, -0.25) is 9.69 Å². The van der Waals surface area contributed by atoms with E-state index in [1.165, 1.54) is 11.8 Å². The third-order valence-corrected chi connectivity index (χ3v) is 2.61. The van der Waals surface area contributed by atoms with Gasteiger partial charge in [-0.05, 0) is 19.1 Å². The van der Waals surface area contributed by atoms with Crippen LogP contribution in [0, 0.1) is 0 Å². The van der Waals surface area contributed by atoms with Crippen molar-refractivity contribution in [3.8, 4) is 0 Å². The maximum absolute atomic E-state index is 11.7. The zero-order valence-corrected chi connectivity index (χ0v) is 8.80. The number of nitrogens with one attached hydrogen (secondary N) is 1. The Kier molecular flexibility index (Phi) is 2.52. The number of fused-ring (bicyclic) bond motifs is 1. The summed E-state index contributed by atoms with van der Waals surface area (Å²) in [4.78, 5) is 24.0. The molecule has 0 aliphatic carbocycles. The van der Waals surface area contributed by atoms with Crippen LogP contribution in [0.25, 0.3) is 0 Å². The Balaban J connectivity index is 2.44. The molecular formula is C11H12N2O3. The predicted octanol–water partition coefficient (Wildman–Crippen LogP) is 0.918. The summed E-state index contributed by atoms with van der Waals surface area (Å²) in [6, 6.07) is 6.32. The first-order chi connectivity index (χ1) is 7.61. The SMILES string of the molecule is CC(C(=O)O)N1C(=O)CNc2ccccc21. The van der Waals surface area contributed by atoms with Gasteiger partial charge in [-0.15, -0.1) is 0 Å². The van der Waals surface area contributed by atoms with Gasteiger partial charge in [-0.2, -0.15) is 0 Å². The summed E-state index contributed by atoms with van der Waals surface area (Å²) in [6.07, 6.45) is 0. The lowest BCUT2D eigenvalue weighted by Gasteiger charge is -2.32. The molecule has 0 spiro atoms. The van der Waals surface area contributed by atoms with Crippen LogP contribution in [-0.2, 0) is 9.59 Å². The number of benzene rings is 1. The highest BCUT2D eigenvalue weighted by Gasteiger charge is 2.31. The minimum atomic E-state index is -1.01. The first kappa shape index (κ1) is 10.5. The van der Waals surface area contributed by atoms with Crippen LogP contribution in [0.3, 0.4) is 0 Å². The van der Waals surface area contributed by atoms with E-state index in [9.17, 15) is 9.59 Å². The van der Waals surface area contributed by atoms with Crippen LogP contribution in [0.2, 0.25) is 0 Å². The van der Waals surface area contributed by atoms with E-state index in [0.29, 0.717) is 5.69 Å². The molecule has 1 aromatic carbocycles. The predicted molar refractivity (Wildman–Crippen MR) is 59.5 cm³/mol. The highest BCUT2D eigenvalue weighted by Crippen LogP contribution is 2.30. The fourth-order valence-corrected chi connectivity index (χ4v) is 1.76. The van der Waals surface area contributed by atoms with Crippen molar-refractivity contribution in [2.45, 2.75) is 13.0 Å². The van der Waals surface area contributed by atoms with Crippen molar-refractivity contribution in [2.75, 3.05) is 16.8 Å². The molecule has 1 atom stereocenters. The third kappa shape index (κ3) is 1.60. The van der Waals surface area contributed by atoms with Crippen molar-refractivity contribution in [3.05, 3.63) is 24.3 Å². The highest BCUT2D eigenvalue weighted by atomic mass is 16.4. The van der Waals surface area contributed by atoms with Gasteiger partial charge in [0, 0.05) is 0 Å². The summed E-state index contributed by atoms with van der Waals surface area (Å²) in [7, 11) is 0. The van der Waals surface area contributed by atoms with Crippen LogP contribution < -0.4 is 10.2 Å². The number of amides is 1. The molecule has 2 rings (SSSR count). The largest absolute Gasteiger partial charge is 0.480 e. The molecule has 5 heteroatoms. The Hall–Kier alpha value is -2.04. The molecular weight excluding hydrogens is 208 g/mol. The van der Waals surface area contributed by atoms with Crippen molar-refractivity contribution in [2.24, 2.45) is 0 Å². The molecule has 0 bridgehead atoms. The molecule has 2 N–H and O–H groups in total. The van der Waals surface area contributed by atoms with E-state index in [0.717, 1.165) is 5.69 Å². The zero-order valence-electron chi connectivity index (χ0n) is 8.80. The van der Waals surface area contributed by atoms with Crippen molar-refractivity contribution >= 4 is 23.3 Å². The van der Waals surface area contributed by atoms with E-state index in [1.54, 1.807) is 12.1 Å². The molecule has 0 saturated heterocycles. The molecule has 1 aromatic rings. The Labute approximate surface area is 92.7 Å². The summed E-state index contributed by atoms with van der Waals surface area (Å²) in [5, 5.41) is 11.9. The second-order valence-corrected chi connectivity index (χ2v) is 3.65. The van der Waals surface area contributed by atoms with Gasteiger partial charge in [-0.25, -0.2) is 4.79 Å². The minimum Gasteiger partial charge on any atom is -0.480 e. The molecule has 1 heterocycles. The standard InChI is InChI=1S/C11H12N2O3/c1-7(11(15)16)13-9-5-3-2-4-8(9)12-6-10(13)14/h2-5,7,12H,6H2,1H3,(H,15,16). The smallest absolute Gasteiger partial charge is 0.326 e. The van der Waals surface area contributed by atoms with Gasteiger partial charge in [0.25, 0.3) is 0 Å². The second kappa shape index (κ2) is 3.84. The minimum absolute atomic E-state index is 0.134. The number of carbonyl (C=O) groups excluding carboxylic acids is 1. The summed E-state index contributed by atoms with van der Waals surface area (Å²) in [5.74, 6) is -1.24. The number of carbonyl (C=O) groups is 2. The average Bonchev–Trinajstić information content (AvgIpc) is 2.28. The van der Waals surface area contributed by atoms with Gasteiger partial charge in [-0.1, -0.05) is 12.1 Å². The van der Waals surface area contributed by atoms with E-state index in [-0.39, 0.29) is 12.5 Å². The van der Waals surface area contributed by atoms with Crippen molar-refractivity contribution in [1.82, 2.24) is 0 Å². The molecule has 1 amide bonds. The van der Waals surface area contributed by atoms with E-state index in [2.05, 4.69) is 5.32 Å². The third-order valence-electron chi connectivity index (χ3n) is 2.61. The first-order valence-electron chi connectivity index (χ1n) is 4.99. The Morgan fingerprint density at radius 3 is 2.88 bits per heavy atom. The molecule has 1 aliphatic rings. The second-order valence-electron chi connectivity index (χ2n) is 3.65. The van der Waals surface area contributed by atoms with Crippen molar-refractivity contribution in [1.29, 1.82) is 0 Å². The monoisotopic (exact) mass is 220 g/mol. The Bertz CT molecular complexity index is 445. The van der Waals surface area contributed by atoms with Crippen LogP contribution in [-0.4, -0.2) is 29.6 Å². The molecule has 0 aromatic heterocycles. The van der Waals surface area contributed by atoms with Crippen molar-refractivity contribution < 1.29 is 14.7 Å². The van der Waals surface area contributed by atoms with Gasteiger partial charge >= 0.3 is 5.97 Å². The van der Waals surface area contributed by atoms with Gasteiger partial charge in [0.15, 0.2) is 0 Å². The van der Waals surface area contributed by atoms with Crippen LogP contribution in [0.1, 0.15) is 6.92 Å². The van der Waals surface area contributed by atoms with Crippen LogP contribution in [0.4, 0.5) is 11.4 Å². The Morgan fingerprint density at radius 1 is 1.50 bits per heavy atom. The number of para-hydroxylation sites is 2. The number of hydrogen-bond donors (Lipinski definition) is 2. The first-order valence-corrected chi connectivity index (χ1v) is 4.99. The summed E-state index contributed by atoms with van der Waals surface area (Å²) >= 11 is 0. The fraction of sp³-hybridized carbons (Fsp3) is 0.273. The lowest BCUT2D eigenvalue weighted by atomic mass is 10.1. The molecule has 5 nitrogen and oxygen atoms in total. The number of anilines is 2. The van der Waals surface area contributed by atoms with Crippen molar-refractivity contribution in [3.63, 3.8) is 0 Å². The maximum Gasteiger partial charge on any atom is 0.326 e. The molecule has 0 saturated carbocycles. The maximum atomic E-state index is 11.7. The number of nitrogens with zero attached hydrogens (tertiary/aromatic N) is 1. The van der Waals surface area contributed by atoms with Gasteiger partial charge < -0.3 is 10.4 Å². The summed E-state index contributed by atoms with van der Waals surface area (Å²) in [6.45, 7) is 1.64. The molecule has 0 radical (unpaired) electrons. The van der Waals surface area contributed by atoms with Gasteiger partial charge in [0.05, 0.1) is 17.9 Å². The van der Waals surface area contributed by atoms with Crippen LogP contribution >= 0.6 is 0 Å². The lowest BCUT2D eigenvalue weighted by molar-refractivity contribution is -0.139. The van der Waals surface area contributed by atoms with E-state index < -0.39 is 12.0 Å². The quantitative estimate of drug-likeness (QED) is 0.777. The number of carboxylic acids is 1. The Morgan fingerprint density at radius 2 is 2.19 bits per heavy atom. The molecule has 16 heavy (non-hydrogen) atoms. The van der Waals surface area contributed by atoms with Crippen LogP contribution in [0.5, 0.6) is 0 Å². The fourth-order valence-electron chi connectivity index (χ4n) is 1.76.